The van der Waals surface area contributed by atoms with Gasteiger partial charge in [-0.15, -0.1) is 0 Å². The Morgan fingerprint density at radius 1 is 0.864 bits per heavy atom. The SMILES string of the molecule is C[C@]1(C[C@@]2(c3ccccc3)NC(=O)NC2=O)NC(=O)NC1=O. The molecule has 8 heteroatoms. The highest BCUT2D eigenvalue weighted by molar-refractivity contribution is 6.10. The molecule has 114 valence electrons. The van der Waals surface area contributed by atoms with Gasteiger partial charge in [-0.25, -0.2) is 9.59 Å². The minimum Gasteiger partial charge on any atom is -0.323 e. The van der Waals surface area contributed by atoms with Crippen LogP contribution in [0.2, 0.25) is 0 Å². The van der Waals surface area contributed by atoms with Crippen molar-refractivity contribution in [3.8, 4) is 0 Å². The molecule has 0 aliphatic carbocycles. The largest absolute Gasteiger partial charge is 0.323 e. The molecule has 0 bridgehead atoms. The van der Waals surface area contributed by atoms with Crippen LogP contribution < -0.4 is 21.3 Å². The predicted octanol–water partition coefficient (Wildman–Crippen LogP) is -0.290. The molecule has 2 aliphatic rings. The van der Waals surface area contributed by atoms with Crippen LogP contribution in [0.3, 0.4) is 0 Å². The van der Waals surface area contributed by atoms with Crippen LogP contribution in [0.5, 0.6) is 0 Å². The number of hydrogen-bond donors (Lipinski definition) is 4. The van der Waals surface area contributed by atoms with Crippen LogP contribution in [0.15, 0.2) is 30.3 Å². The first-order valence-electron chi connectivity index (χ1n) is 6.68. The summed E-state index contributed by atoms with van der Waals surface area (Å²) in [7, 11) is 0. The van der Waals surface area contributed by atoms with E-state index in [1.54, 1.807) is 30.3 Å². The van der Waals surface area contributed by atoms with E-state index in [1.165, 1.54) is 6.92 Å². The molecule has 0 aromatic heterocycles. The Labute approximate surface area is 125 Å². The van der Waals surface area contributed by atoms with Gasteiger partial charge in [0.05, 0.1) is 0 Å². The van der Waals surface area contributed by atoms with Crippen molar-refractivity contribution in [2.75, 3.05) is 0 Å². The maximum Gasteiger partial charge on any atom is 0.322 e. The third-order valence-corrected chi connectivity index (χ3v) is 3.94. The van der Waals surface area contributed by atoms with Crippen molar-refractivity contribution in [2.45, 2.75) is 24.4 Å². The Kier molecular flexibility index (Phi) is 2.91. The second kappa shape index (κ2) is 4.55. The first-order valence-corrected chi connectivity index (χ1v) is 6.68. The standard InChI is InChI=1S/C14H14N4O4/c1-13(9(19)15-11(21)17-13)7-14(8-5-3-2-4-6-8)10(20)16-12(22)18-14/h2-6H,7H2,1H3,(H2,15,17,19,21)(H2,16,18,20,22)/t13-,14+/m1/s1. The summed E-state index contributed by atoms with van der Waals surface area (Å²) in [4.78, 5) is 47.4. The highest BCUT2D eigenvalue weighted by atomic mass is 16.2. The van der Waals surface area contributed by atoms with Crippen molar-refractivity contribution in [1.29, 1.82) is 0 Å². The molecule has 8 nitrogen and oxygen atoms in total. The van der Waals surface area contributed by atoms with E-state index >= 15 is 0 Å². The molecule has 2 atom stereocenters. The number of nitrogens with one attached hydrogen (secondary N) is 4. The summed E-state index contributed by atoms with van der Waals surface area (Å²) in [6.07, 6.45) is -0.0981. The van der Waals surface area contributed by atoms with Crippen LogP contribution in [0.25, 0.3) is 0 Å². The number of benzene rings is 1. The molecule has 1 aromatic rings. The smallest absolute Gasteiger partial charge is 0.322 e. The van der Waals surface area contributed by atoms with E-state index in [2.05, 4.69) is 21.3 Å². The number of urea groups is 2. The summed E-state index contributed by atoms with van der Waals surface area (Å²) in [6, 6.07) is 7.33. The quantitative estimate of drug-likeness (QED) is 0.574. The average molecular weight is 302 g/mol. The van der Waals surface area contributed by atoms with Crippen molar-refractivity contribution in [1.82, 2.24) is 21.3 Å². The minimum atomic E-state index is -1.41. The van der Waals surface area contributed by atoms with Gasteiger partial charge in [-0.1, -0.05) is 30.3 Å². The van der Waals surface area contributed by atoms with Gasteiger partial charge in [0.15, 0.2) is 0 Å². The van der Waals surface area contributed by atoms with Gasteiger partial charge in [0.2, 0.25) is 0 Å². The molecule has 6 amide bonds. The summed E-state index contributed by atoms with van der Waals surface area (Å²) in [5, 5.41) is 9.43. The van der Waals surface area contributed by atoms with Crippen molar-refractivity contribution < 1.29 is 19.2 Å². The molecule has 2 aliphatic heterocycles. The third-order valence-electron chi connectivity index (χ3n) is 3.94. The molecular formula is C14H14N4O4. The van der Waals surface area contributed by atoms with Crippen LogP contribution >= 0.6 is 0 Å². The van der Waals surface area contributed by atoms with Crippen LogP contribution in [-0.2, 0) is 15.1 Å². The average Bonchev–Trinajstić information content (AvgIpc) is 2.87. The van der Waals surface area contributed by atoms with Gasteiger partial charge in [-0.05, 0) is 12.5 Å². The zero-order valence-electron chi connectivity index (χ0n) is 11.7. The van der Waals surface area contributed by atoms with E-state index in [9.17, 15) is 19.2 Å². The normalized spacial score (nSPS) is 30.6. The Bertz CT molecular complexity index is 689. The van der Waals surface area contributed by atoms with Crippen LogP contribution in [-0.4, -0.2) is 29.4 Å². The zero-order chi connectivity index (χ0) is 16.0. The highest BCUT2D eigenvalue weighted by Gasteiger charge is 2.55. The Morgan fingerprint density at radius 3 is 1.95 bits per heavy atom. The molecule has 2 fully saturated rings. The van der Waals surface area contributed by atoms with Crippen LogP contribution in [0, 0.1) is 0 Å². The lowest BCUT2D eigenvalue weighted by Crippen LogP contribution is -2.55. The predicted molar refractivity (Wildman–Crippen MR) is 74.5 cm³/mol. The maximum atomic E-state index is 12.4. The van der Waals surface area contributed by atoms with Crippen molar-refractivity contribution in [3.05, 3.63) is 35.9 Å². The molecule has 3 rings (SSSR count). The van der Waals surface area contributed by atoms with Crippen molar-refractivity contribution in [3.63, 3.8) is 0 Å². The lowest BCUT2D eigenvalue weighted by molar-refractivity contribution is -0.128. The minimum absolute atomic E-state index is 0.0981. The van der Waals surface area contributed by atoms with Gasteiger partial charge < -0.3 is 10.6 Å². The molecule has 0 saturated carbocycles. The number of carbonyl (C=O) groups excluding carboxylic acids is 4. The summed E-state index contributed by atoms with van der Waals surface area (Å²) in [5.74, 6) is -1.10. The molecule has 0 unspecified atom stereocenters. The Morgan fingerprint density at radius 2 is 1.45 bits per heavy atom. The second-order valence-corrected chi connectivity index (χ2v) is 5.60. The lowest BCUT2D eigenvalue weighted by atomic mass is 9.78. The number of hydrogen-bond acceptors (Lipinski definition) is 4. The number of amides is 6. The van der Waals surface area contributed by atoms with Crippen molar-refractivity contribution >= 4 is 23.9 Å². The lowest BCUT2D eigenvalue weighted by Gasteiger charge is -2.33. The van der Waals surface area contributed by atoms with E-state index in [-0.39, 0.29) is 6.42 Å². The molecule has 0 spiro atoms. The number of carbonyl (C=O) groups is 4. The Balaban J connectivity index is 2.05. The third kappa shape index (κ3) is 2.00. The summed E-state index contributed by atoms with van der Waals surface area (Å²) in [6.45, 7) is 1.51. The molecule has 2 saturated heterocycles. The van der Waals surface area contributed by atoms with E-state index in [1.807, 2.05) is 0 Å². The fourth-order valence-electron chi connectivity index (χ4n) is 2.88. The summed E-state index contributed by atoms with van der Waals surface area (Å²) >= 11 is 0. The van der Waals surface area contributed by atoms with Gasteiger partial charge in [-0.3, -0.25) is 20.2 Å². The molecule has 2 heterocycles. The Hall–Kier alpha value is -2.90. The fourth-order valence-corrected chi connectivity index (χ4v) is 2.88. The van der Waals surface area contributed by atoms with Gasteiger partial charge in [0.1, 0.15) is 11.1 Å². The first kappa shape index (κ1) is 14.1. The zero-order valence-corrected chi connectivity index (χ0v) is 11.7. The summed E-state index contributed by atoms with van der Waals surface area (Å²) < 4.78 is 0. The molecule has 22 heavy (non-hydrogen) atoms. The van der Waals surface area contributed by atoms with E-state index in [0.29, 0.717) is 5.56 Å². The molecule has 1 aromatic carbocycles. The van der Waals surface area contributed by atoms with Gasteiger partial charge >= 0.3 is 12.1 Å². The molecule has 4 N–H and O–H groups in total. The van der Waals surface area contributed by atoms with E-state index < -0.39 is 35.0 Å². The highest BCUT2D eigenvalue weighted by Crippen LogP contribution is 2.34. The van der Waals surface area contributed by atoms with Gasteiger partial charge in [0.25, 0.3) is 11.8 Å². The summed E-state index contributed by atoms with van der Waals surface area (Å²) in [5.41, 5.74) is -2.18. The van der Waals surface area contributed by atoms with Crippen molar-refractivity contribution in [2.24, 2.45) is 0 Å². The second-order valence-electron chi connectivity index (χ2n) is 5.60. The molecule has 0 radical (unpaired) electrons. The monoisotopic (exact) mass is 302 g/mol. The van der Waals surface area contributed by atoms with E-state index in [0.717, 1.165) is 0 Å². The molecular weight excluding hydrogens is 288 g/mol. The topological polar surface area (TPSA) is 116 Å². The first-order chi connectivity index (χ1) is 10.4. The van der Waals surface area contributed by atoms with Gasteiger partial charge in [-0.2, -0.15) is 0 Å². The fraction of sp³-hybridized carbons (Fsp3) is 0.286. The number of imide groups is 2. The van der Waals surface area contributed by atoms with Crippen LogP contribution in [0.1, 0.15) is 18.9 Å². The van der Waals surface area contributed by atoms with E-state index in [4.69, 9.17) is 0 Å². The van der Waals surface area contributed by atoms with Gasteiger partial charge in [0, 0.05) is 6.42 Å². The van der Waals surface area contributed by atoms with Crippen LogP contribution in [0.4, 0.5) is 9.59 Å². The maximum absolute atomic E-state index is 12.4. The number of rotatable bonds is 3.